The number of hydrogen-bond acceptors (Lipinski definition) is 3. The smallest absolute Gasteiger partial charge is 0.333 e. The van der Waals surface area contributed by atoms with Crippen LogP contribution in [-0.4, -0.2) is 70.4 Å². The minimum atomic E-state index is -8.62. The molecule has 0 fully saturated rings. The zero-order valence-corrected chi connectivity index (χ0v) is 13.9. The van der Waals surface area contributed by atoms with E-state index in [0.29, 0.717) is 0 Å². The molecule has 2 unspecified atom stereocenters. The minimum absolute atomic E-state index is 5.89. The van der Waals surface area contributed by atoms with Gasteiger partial charge in [-0.05, 0) is 0 Å². The van der Waals surface area contributed by atoms with Crippen LogP contribution in [0.5, 0.6) is 0 Å². The van der Waals surface area contributed by atoms with Gasteiger partial charge in [0, 0.05) is 0 Å². The molecule has 0 aliphatic heterocycles. The Morgan fingerprint density at radius 2 is 0.697 bits per heavy atom. The van der Waals surface area contributed by atoms with Gasteiger partial charge < -0.3 is 5.11 Å². The standard InChI is InChI=1S/C11HF19O3/c12-3(8(20,21)22,1(31)6(16,17)7(18,19)10(26,27)28)5(14,15)2(32)4(13,9(23,24)25)11(29,30)33/h33H. The molecule has 0 aliphatic rings. The first-order valence-electron chi connectivity index (χ1n) is 6.72. The Labute approximate surface area is 165 Å². The number of ketones is 2. The average Bonchev–Trinajstić information content (AvgIpc) is 2.54. The second kappa shape index (κ2) is 7.48. The van der Waals surface area contributed by atoms with E-state index in [2.05, 4.69) is 0 Å². The van der Waals surface area contributed by atoms with Crippen LogP contribution < -0.4 is 0 Å². The number of aliphatic hydroxyl groups is 1. The highest BCUT2D eigenvalue weighted by atomic mass is 19.4. The van der Waals surface area contributed by atoms with E-state index in [1.54, 1.807) is 0 Å². The summed E-state index contributed by atoms with van der Waals surface area (Å²) in [6.45, 7) is 0. The molecule has 0 saturated carbocycles. The predicted octanol–water partition coefficient (Wildman–Crippen LogP) is 4.72. The largest absolute Gasteiger partial charge is 0.460 e. The SMILES string of the molecule is O=C(C(F)(F)C(F)(C(=O)C(F)(F)C(F)(F)C(F)(F)F)C(F)(F)F)C(F)(C(O)(F)F)C(F)(F)F. The van der Waals surface area contributed by atoms with Crippen molar-refractivity contribution in [2.45, 2.75) is 53.7 Å². The number of carbonyl (C=O) groups is 2. The van der Waals surface area contributed by atoms with Crippen molar-refractivity contribution in [3.63, 3.8) is 0 Å². The molecule has 22 heteroatoms. The molecule has 2 atom stereocenters. The lowest BCUT2D eigenvalue weighted by Crippen LogP contribution is -2.75. The van der Waals surface area contributed by atoms with Crippen LogP contribution in [0.2, 0.25) is 0 Å². The normalized spacial score (nSPS) is 19.0. The molecule has 0 aliphatic carbocycles. The van der Waals surface area contributed by atoms with Gasteiger partial charge in [0.15, 0.2) is 0 Å². The van der Waals surface area contributed by atoms with E-state index in [-0.39, 0.29) is 0 Å². The van der Waals surface area contributed by atoms with E-state index in [9.17, 15) is 93.0 Å². The second-order valence-corrected chi connectivity index (χ2v) is 5.73. The van der Waals surface area contributed by atoms with Crippen LogP contribution in [0.3, 0.4) is 0 Å². The molecule has 33 heavy (non-hydrogen) atoms. The van der Waals surface area contributed by atoms with Crippen LogP contribution in [0, 0.1) is 0 Å². The number of rotatable bonds is 7. The van der Waals surface area contributed by atoms with Crippen molar-refractivity contribution in [1.82, 2.24) is 0 Å². The number of alkyl halides is 19. The summed E-state index contributed by atoms with van der Waals surface area (Å²) in [5, 5.41) is 7.72. The van der Waals surface area contributed by atoms with Gasteiger partial charge >= 0.3 is 53.7 Å². The van der Waals surface area contributed by atoms with Gasteiger partial charge in [0.05, 0.1) is 0 Å². The van der Waals surface area contributed by atoms with E-state index in [0.717, 1.165) is 0 Å². The Kier molecular flexibility index (Phi) is 7.02. The monoisotopic (exact) mass is 542 g/mol. The maximum absolute atomic E-state index is 14.0. The Morgan fingerprint density at radius 1 is 0.424 bits per heavy atom. The summed E-state index contributed by atoms with van der Waals surface area (Å²) in [6.07, 6.45) is -31.8. The maximum atomic E-state index is 14.0. The Bertz CT molecular complexity index is 767. The fraction of sp³-hybridized carbons (Fsp3) is 0.818. The minimum Gasteiger partial charge on any atom is -0.333 e. The summed E-state index contributed by atoms with van der Waals surface area (Å²) in [7, 11) is 0. The third kappa shape index (κ3) is 4.06. The van der Waals surface area contributed by atoms with Gasteiger partial charge in [-0.1, -0.05) is 0 Å². The van der Waals surface area contributed by atoms with Crippen molar-refractivity contribution in [2.24, 2.45) is 0 Å². The summed E-state index contributed by atoms with van der Waals surface area (Å²) in [5.74, 6) is -37.0. The van der Waals surface area contributed by atoms with E-state index in [1.807, 2.05) is 0 Å². The third-order valence-electron chi connectivity index (χ3n) is 3.57. The first-order chi connectivity index (χ1) is 13.8. The maximum Gasteiger partial charge on any atom is 0.460 e. The topological polar surface area (TPSA) is 54.4 Å². The number of hydrogen-bond donors (Lipinski definition) is 1. The van der Waals surface area contributed by atoms with Crippen LogP contribution in [0.1, 0.15) is 0 Å². The Morgan fingerprint density at radius 3 is 0.909 bits per heavy atom. The van der Waals surface area contributed by atoms with Gasteiger partial charge in [0.25, 0.3) is 11.6 Å². The lowest BCUT2D eigenvalue weighted by Gasteiger charge is -2.39. The summed E-state index contributed by atoms with van der Waals surface area (Å²) >= 11 is 0. The van der Waals surface area contributed by atoms with Crippen LogP contribution in [0.25, 0.3) is 0 Å². The average molecular weight is 542 g/mol. The van der Waals surface area contributed by atoms with Crippen molar-refractivity contribution in [1.29, 1.82) is 0 Å². The number of Topliss-reactive ketones (excluding diaryl/α,β-unsaturated/α-hetero) is 2. The van der Waals surface area contributed by atoms with Gasteiger partial charge in [-0.25, -0.2) is 8.78 Å². The van der Waals surface area contributed by atoms with Crippen LogP contribution >= 0.6 is 0 Å². The van der Waals surface area contributed by atoms with E-state index in [1.165, 1.54) is 0 Å². The zero-order valence-electron chi connectivity index (χ0n) is 13.9. The third-order valence-corrected chi connectivity index (χ3v) is 3.57. The van der Waals surface area contributed by atoms with Gasteiger partial charge in [-0.15, -0.1) is 0 Å². The van der Waals surface area contributed by atoms with Crippen LogP contribution in [-0.2, 0) is 9.59 Å². The lowest BCUT2D eigenvalue weighted by molar-refractivity contribution is -0.366. The van der Waals surface area contributed by atoms with Gasteiger partial charge in [-0.3, -0.25) is 9.59 Å². The van der Waals surface area contributed by atoms with Crippen molar-refractivity contribution >= 4 is 11.6 Å². The van der Waals surface area contributed by atoms with Gasteiger partial charge in [0.1, 0.15) is 0 Å². The van der Waals surface area contributed by atoms with E-state index < -0.39 is 65.3 Å². The number of halogens is 19. The fourth-order valence-corrected chi connectivity index (χ4v) is 1.79. The Balaban J connectivity index is 7.37. The molecule has 1 N–H and O–H groups in total. The van der Waals surface area contributed by atoms with Gasteiger partial charge in [0.2, 0.25) is 0 Å². The number of carbonyl (C=O) groups excluding carboxylic acids is 2. The molecule has 0 heterocycles. The van der Waals surface area contributed by atoms with Crippen molar-refractivity contribution in [3.8, 4) is 0 Å². The highest BCUT2D eigenvalue weighted by Gasteiger charge is 2.91. The molecule has 3 nitrogen and oxygen atoms in total. The highest BCUT2D eigenvalue weighted by Crippen LogP contribution is 2.57. The molecule has 0 spiro atoms. The van der Waals surface area contributed by atoms with E-state index >= 15 is 0 Å². The highest BCUT2D eigenvalue weighted by molar-refractivity contribution is 6.05. The lowest BCUT2D eigenvalue weighted by atomic mass is 9.79. The van der Waals surface area contributed by atoms with Crippen molar-refractivity contribution in [2.75, 3.05) is 0 Å². The van der Waals surface area contributed by atoms with Crippen molar-refractivity contribution in [3.05, 3.63) is 0 Å². The molecule has 196 valence electrons. The molecule has 0 saturated heterocycles. The molecule has 0 aromatic heterocycles. The first kappa shape index (κ1) is 31.0. The summed E-state index contributed by atoms with van der Waals surface area (Å²) < 4.78 is 242. The summed E-state index contributed by atoms with van der Waals surface area (Å²) in [4.78, 5) is 21.8. The van der Waals surface area contributed by atoms with Crippen molar-refractivity contribution < 1.29 is 98.1 Å². The quantitative estimate of drug-likeness (QED) is 0.475. The molecule has 0 aromatic rings. The van der Waals surface area contributed by atoms with Gasteiger partial charge in [-0.2, -0.15) is 74.6 Å². The summed E-state index contributed by atoms with van der Waals surface area (Å²) in [5.41, 5.74) is -16.7. The Hall–Kier alpha value is -2.03. The van der Waals surface area contributed by atoms with E-state index in [4.69, 9.17) is 5.11 Å². The molecule has 0 bridgehead atoms. The first-order valence-corrected chi connectivity index (χ1v) is 6.72. The molecular weight excluding hydrogens is 541 g/mol. The second-order valence-electron chi connectivity index (χ2n) is 5.73. The van der Waals surface area contributed by atoms with Crippen LogP contribution in [0.15, 0.2) is 0 Å². The molecular formula is C11HF19O3. The molecule has 0 amide bonds. The predicted molar refractivity (Wildman–Crippen MR) is 57.9 cm³/mol. The molecule has 0 radical (unpaired) electrons. The van der Waals surface area contributed by atoms with Crippen LogP contribution in [0.4, 0.5) is 83.4 Å². The summed E-state index contributed by atoms with van der Waals surface area (Å²) in [6, 6.07) is 0. The fourth-order valence-electron chi connectivity index (χ4n) is 1.79. The zero-order chi connectivity index (χ0) is 27.7. The molecule has 0 aromatic carbocycles. The molecule has 0 rings (SSSR count).